The number of nitrogens with two attached hydrogens (primary N) is 1. The first-order chi connectivity index (χ1) is 13.2. The van der Waals surface area contributed by atoms with Crippen molar-refractivity contribution in [3.63, 3.8) is 0 Å². The predicted octanol–water partition coefficient (Wildman–Crippen LogP) is 3.10. The van der Waals surface area contributed by atoms with Crippen LogP contribution in [-0.2, 0) is 6.54 Å². The molecule has 28 heavy (non-hydrogen) atoms. The van der Waals surface area contributed by atoms with Crippen molar-refractivity contribution in [2.45, 2.75) is 6.54 Å². The van der Waals surface area contributed by atoms with E-state index < -0.39 is 0 Å². The molecular weight excluding hydrogens is 513 g/mol. The maximum atomic E-state index is 6.14. The highest BCUT2D eigenvalue weighted by Gasteiger charge is 2.20. The predicted molar refractivity (Wildman–Crippen MR) is 121 cm³/mol. The average Bonchev–Trinajstić information content (AvgIpc) is 3.38. The van der Waals surface area contributed by atoms with Gasteiger partial charge in [0, 0.05) is 48.3 Å². The Morgan fingerprint density at radius 2 is 2.11 bits per heavy atom. The number of anilines is 1. The average molecular weight is 532 g/mol. The molecule has 0 aliphatic carbocycles. The molecule has 1 aliphatic heterocycles. The van der Waals surface area contributed by atoms with E-state index in [1.54, 1.807) is 23.5 Å². The van der Waals surface area contributed by atoms with Crippen molar-refractivity contribution in [3.05, 3.63) is 46.8 Å². The van der Waals surface area contributed by atoms with E-state index in [4.69, 9.17) is 21.9 Å². The van der Waals surface area contributed by atoms with Crippen molar-refractivity contribution >= 4 is 58.0 Å². The molecule has 2 aromatic heterocycles. The van der Waals surface area contributed by atoms with Crippen LogP contribution in [0.2, 0.25) is 5.02 Å². The van der Waals surface area contributed by atoms with Crippen molar-refractivity contribution in [1.29, 1.82) is 0 Å². The molecule has 0 saturated carbocycles. The Hall–Kier alpha value is -1.92. The molecule has 0 unspecified atom stereocenters. The van der Waals surface area contributed by atoms with Crippen molar-refractivity contribution in [2.75, 3.05) is 31.1 Å². The topological polar surface area (TPSA) is 96.7 Å². The normalized spacial score (nSPS) is 14.8. The maximum Gasteiger partial charge on any atom is 0.248 e. The molecule has 0 atom stereocenters. The lowest BCUT2D eigenvalue weighted by Gasteiger charge is -2.35. The first-order valence-corrected chi connectivity index (χ1v) is 9.72. The minimum Gasteiger partial charge on any atom is -0.370 e. The Kier molecular flexibility index (Phi) is 7.08. The van der Waals surface area contributed by atoms with E-state index in [0.29, 0.717) is 22.7 Å². The van der Waals surface area contributed by atoms with Gasteiger partial charge in [0.25, 0.3) is 0 Å². The highest BCUT2D eigenvalue weighted by Crippen LogP contribution is 2.20. The zero-order valence-corrected chi connectivity index (χ0v) is 18.8. The fourth-order valence-electron chi connectivity index (χ4n) is 2.81. The maximum absolute atomic E-state index is 6.14. The molecule has 3 heterocycles. The lowest BCUT2D eigenvalue weighted by atomic mass is 10.2. The van der Waals surface area contributed by atoms with Gasteiger partial charge in [-0.05, 0) is 12.1 Å². The minimum atomic E-state index is 0. The van der Waals surface area contributed by atoms with E-state index in [-0.39, 0.29) is 30.5 Å². The Morgan fingerprint density at radius 1 is 1.29 bits per heavy atom. The van der Waals surface area contributed by atoms with Gasteiger partial charge >= 0.3 is 0 Å². The second-order valence-electron chi connectivity index (χ2n) is 5.99. The molecule has 1 aromatic carbocycles. The van der Waals surface area contributed by atoms with Crippen LogP contribution in [0.5, 0.6) is 0 Å². The SMILES string of the molecule is I.NC(=NCc1nc(-c2cccc(Cl)c2)no1)N1CCN(c2nccs2)CC1. The molecule has 2 N–H and O–H groups in total. The third-order valence-electron chi connectivity index (χ3n) is 4.22. The fourth-order valence-corrected chi connectivity index (χ4v) is 3.70. The van der Waals surface area contributed by atoms with E-state index in [1.807, 2.05) is 23.7 Å². The second kappa shape index (κ2) is 9.52. The van der Waals surface area contributed by atoms with Crippen LogP contribution >= 0.6 is 46.9 Å². The minimum absolute atomic E-state index is 0. The Labute approximate surface area is 188 Å². The van der Waals surface area contributed by atoms with Crippen molar-refractivity contribution in [1.82, 2.24) is 20.0 Å². The third-order valence-corrected chi connectivity index (χ3v) is 5.29. The summed E-state index contributed by atoms with van der Waals surface area (Å²) in [7, 11) is 0. The summed E-state index contributed by atoms with van der Waals surface area (Å²) < 4.78 is 5.26. The molecule has 0 radical (unpaired) electrons. The monoisotopic (exact) mass is 531 g/mol. The summed E-state index contributed by atoms with van der Waals surface area (Å²) in [5.41, 5.74) is 6.93. The lowest BCUT2D eigenvalue weighted by Crippen LogP contribution is -2.51. The number of guanidine groups is 1. The molecule has 1 saturated heterocycles. The first-order valence-electron chi connectivity index (χ1n) is 8.47. The van der Waals surface area contributed by atoms with E-state index in [0.717, 1.165) is 36.9 Å². The summed E-state index contributed by atoms with van der Waals surface area (Å²) in [6.07, 6.45) is 1.82. The zero-order valence-electron chi connectivity index (χ0n) is 14.9. The molecule has 8 nitrogen and oxygen atoms in total. The van der Waals surface area contributed by atoms with Gasteiger partial charge in [0.15, 0.2) is 11.1 Å². The van der Waals surface area contributed by atoms with Crippen LogP contribution < -0.4 is 10.6 Å². The van der Waals surface area contributed by atoms with Gasteiger partial charge in [0.2, 0.25) is 11.7 Å². The Bertz CT molecular complexity index is 925. The fraction of sp³-hybridized carbons (Fsp3) is 0.294. The summed E-state index contributed by atoms with van der Waals surface area (Å²) >= 11 is 7.64. The number of benzene rings is 1. The molecule has 0 spiro atoms. The van der Waals surface area contributed by atoms with Crippen LogP contribution in [0, 0.1) is 0 Å². The second-order valence-corrected chi connectivity index (χ2v) is 7.29. The number of piperazine rings is 1. The molecule has 1 fully saturated rings. The van der Waals surface area contributed by atoms with Crippen LogP contribution in [0.1, 0.15) is 5.89 Å². The van der Waals surface area contributed by atoms with Crippen molar-refractivity contribution in [3.8, 4) is 11.4 Å². The Morgan fingerprint density at radius 3 is 2.82 bits per heavy atom. The highest BCUT2D eigenvalue weighted by molar-refractivity contribution is 14.0. The van der Waals surface area contributed by atoms with Crippen LogP contribution in [0.3, 0.4) is 0 Å². The van der Waals surface area contributed by atoms with Gasteiger partial charge in [-0.2, -0.15) is 4.98 Å². The summed E-state index contributed by atoms with van der Waals surface area (Å²) in [5, 5.41) is 7.63. The summed E-state index contributed by atoms with van der Waals surface area (Å²) in [5.74, 6) is 1.38. The lowest BCUT2D eigenvalue weighted by molar-refractivity contribution is 0.370. The molecule has 148 valence electrons. The molecule has 3 aromatic rings. The summed E-state index contributed by atoms with van der Waals surface area (Å²) in [6, 6.07) is 7.30. The number of thiazole rings is 1. The van der Waals surface area contributed by atoms with Gasteiger partial charge in [0.05, 0.1) is 0 Å². The van der Waals surface area contributed by atoms with Crippen molar-refractivity contribution < 1.29 is 4.52 Å². The van der Waals surface area contributed by atoms with Gasteiger partial charge in [-0.25, -0.2) is 9.98 Å². The van der Waals surface area contributed by atoms with Crippen LogP contribution in [0.4, 0.5) is 5.13 Å². The molecule has 11 heteroatoms. The number of aliphatic imine (C=N–C) groups is 1. The van der Waals surface area contributed by atoms with Gasteiger partial charge in [-0.15, -0.1) is 35.3 Å². The van der Waals surface area contributed by atoms with Crippen LogP contribution in [0.15, 0.2) is 45.4 Å². The smallest absolute Gasteiger partial charge is 0.248 e. The Balaban J connectivity index is 0.00000225. The van der Waals surface area contributed by atoms with E-state index in [2.05, 4.69) is 29.9 Å². The standard InChI is InChI=1S/C17H18ClN7OS.HI/c18-13-3-1-2-12(10-13)15-22-14(26-23-15)11-21-16(19)24-5-7-25(8-6-24)17-20-4-9-27-17;/h1-4,9-10H,5-8,11H2,(H2,19,21);1H. The zero-order chi connectivity index (χ0) is 18.6. The van der Waals surface area contributed by atoms with Gasteiger partial charge in [0.1, 0.15) is 6.54 Å². The van der Waals surface area contributed by atoms with E-state index >= 15 is 0 Å². The quantitative estimate of drug-likeness (QED) is 0.314. The molecule has 0 bridgehead atoms. The molecular formula is C17H19ClIN7OS. The number of nitrogens with zero attached hydrogens (tertiary/aromatic N) is 6. The first kappa shape index (κ1) is 20.8. The third kappa shape index (κ3) is 4.92. The summed E-state index contributed by atoms with van der Waals surface area (Å²) in [6.45, 7) is 3.57. The molecule has 4 rings (SSSR count). The highest BCUT2D eigenvalue weighted by atomic mass is 127. The summed E-state index contributed by atoms with van der Waals surface area (Å²) in [4.78, 5) is 17.4. The molecule has 0 amide bonds. The van der Waals surface area contributed by atoms with E-state index in [1.165, 1.54) is 0 Å². The van der Waals surface area contributed by atoms with Crippen LogP contribution in [-0.4, -0.2) is 52.2 Å². The number of aromatic nitrogens is 3. The number of hydrogen-bond acceptors (Lipinski definition) is 7. The van der Waals surface area contributed by atoms with Gasteiger partial charge in [-0.3, -0.25) is 0 Å². The van der Waals surface area contributed by atoms with Crippen molar-refractivity contribution in [2.24, 2.45) is 10.7 Å². The van der Waals surface area contributed by atoms with Gasteiger partial charge in [-0.1, -0.05) is 28.9 Å². The van der Waals surface area contributed by atoms with E-state index in [9.17, 15) is 0 Å². The number of halogens is 2. The largest absolute Gasteiger partial charge is 0.370 e. The van der Waals surface area contributed by atoms with Crippen LogP contribution in [0.25, 0.3) is 11.4 Å². The number of hydrogen-bond donors (Lipinski definition) is 1. The van der Waals surface area contributed by atoms with Gasteiger partial charge < -0.3 is 20.1 Å². The molecule has 1 aliphatic rings. The number of rotatable bonds is 4.